The van der Waals surface area contributed by atoms with Gasteiger partial charge in [-0.1, -0.05) is 6.92 Å². The largest absolute Gasteiger partial charge is 0.330 e. The molecule has 0 aliphatic carbocycles. The van der Waals surface area contributed by atoms with Gasteiger partial charge in [0.05, 0.1) is 17.4 Å². The molecule has 92 valence electrons. The third-order valence-corrected chi connectivity index (χ3v) is 4.24. The highest BCUT2D eigenvalue weighted by molar-refractivity contribution is 7.84. The van der Waals surface area contributed by atoms with E-state index in [9.17, 15) is 8.60 Å². The summed E-state index contributed by atoms with van der Waals surface area (Å²) in [6, 6.07) is 5.89. The Morgan fingerprint density at radius 1 is 1.59 bits per heavy atom. The summed E-state index contributed by atoms with van der Waals surface area (Å²) in [5.41, 5.74) is 6.26. The van der Waals surface area contributed by atoms with Crippen molar-refractivity contribution >= 4 is 10.8 Å². The molecule has 0 amide bonds. The van der Waals surface area contributed by atoms with Crippen LogP contribution in [0.1, 0.15) is 24.5 Å². The van der Waals surface area contributed by atoms with Gasteiger partial charge in [-0.15, -0.1) is 0 Å². The molecule has 0 radical (unpaired) electrons. The molecule has 17 heavy (non-hydrogen) atoms. The molecule has 2 atom stereocenters. The van der Waals surface area contributed by atoms with Crippen molar-refractivity contribution in [2.24, 2.45) is 5.73 Å². The van der Waals surface area contributed by atoms with E-state index in [4.69, 9.17) is 11.0 Å². The summed E-state index contributed by atoms with van der Waals surface area (Å²) < 4.78 is 25.0. The summed E-state index contributed by atoms with van der Waals surface area (Å²) in [7, 11) is -1.13. The average molecular weight is 254 g/mol. The molecule has 0 aliphatic heterocycles. The van der Waals surface area contributed by atoms with Gasteiger partial charge in [-0.25, -0.2) is 4.39 Å². The monoisotopic (exact) mass is 254 g/mol. The molecule has 0 spiro atoms. The van der Waals surface area contributed by atoms with Gasteiger partial charge in [0.2, 0.25) is 0 Å². The van der Waals surface area contributed by atoms with E-state index in [1.54, 1.807) is 0 Å². The number of halogens is 1. The Morgan fingerprint density at radius 3 is 2.88 bits per heavy atom. The first kappa shape index (κ1) is 13.8. The first-order valence-electron chi connectivity index (χ1n) is 5.34. The first-order valence-corrected chi connectivity index (χ1v) is 6.72. The lowest BCUT2D eigenvalue weighted by Crippen LogP contribution is -2.17. The quantitative estimate of drug-likeness (QED) is 0.869. The minimum absolute atomic E-state index is 0.0465. The standard InChI is InChI=1S/C12H15FN2OS/c1-9(4-5-14)17(16)8-11-6-12(13)3-2-10(11)7-15/h2-3,6,9H,4-5,8,14H2,1H3. The number of nitriles is 1. The van der Waals surface area contributed by atoms with Gasteiger partial charge >= 0.3 is 0 Å². The molecular weight excluding hydrogens is 239 g/mol. The zero-order chi connectivity index (χ0) is 12.8. The van der Waals surface area contributed by atoms with Gasteiger partial charge in [-0.3, -0.25) is 4.21 Å². The molecule has 0 fully saturated rings. The third kappa shape index (κ3) is 3.91. The van der Waals surface area contributed by atoms with Crippen molar-refractivity contribution in [3.63, 3.8) is 0 Å². The number of hydrogen-bond acceptors (Lipinski definition) is 3. The van der Waals surface area contributed by atoms with Gasteiger partial charge in [-0.05, 0) is 36.7 Å². The molecule has 0 aromatic heterocycles. The Morgan fingerprint density at radius 2 is 2.29 bits per heavy atom. The van der Waals surface area contributed by atoms with E-state index in [0.717, 1.165) is 0 Å². The molecule has 0 saturated heterocycles. The number of benzene rings is 1. The van der Waals surface area contributed by atoms with Crippen LogP contribution >= 0.6 is 0 Å². The Bertz CT molecular complexity index is 456. The Kier molecular flexibility index (Phi) is 5.26. The smallest absolute Gasteiger partial charge is 0.123 e. The van der Waals surface area contributed by atoms with Crippen molar-refractivity contribution < 1.29 is 8.60 Å². The van der Waals surface area contributed by atoms with Crippen LogP contribution in [0.4, 0.5) is 4.39 Å². The summed E-state index contributed by atoms with van der Waals surface area (Å²) >= 11 is 0. The van der Waals surface area contributed by atoms with Crippen molar-refractivity contribution in [3.05, 3.63) is 35.1 Å². The molecule has 1 rings (SSSR count). The van der Waals surface area contributed by atoms with Crippen molar-refractivity contribution in [1.82, 2.24) is 0 Å². The van der Waals surface area contributed by atoms with E-state index in [1.807, 2.05) is 13.0 Å². The maximum Gasteiger partial charge on any atom is 0.123 e. The SMILES string of the molecule is CC(CCN)S(=O)Cc1cc(F)ccc1C#N. The van der Waals surface area contributed by atoms with Crippen LogP contribution < -0.4 is 5.73 Å². The van der Waals surface area contributed by atoms with Crippen molar-refractivity contribution in [2.45, 2.75) is 24.3 Å². The fraction of sp³-hybridized carbons (Fsp3) is 0.417. The molecule has 1 aromatic carbocycles. The number of hydrogen-bond donors (Lipinski definition) is 1. The van der Waals surface area contributed by atoms with Crippen LogP contribution in [0.2, 0.25) is 0 Å². The maximum absolute atomic E-state index is 13.1. The minimum Gasteiger partial charge on any atom is -0.330 e. The molecule has 2 unspecified atom stereocenters. The molecule has 0 heterocycles. The van der Waals surface area contributed by atoms with Gasteiger partial charge in [0, 0.05) is 16.0 Å². The van der Waals surface area contributed by atoms with Crippen LogP contribution in [0.5, 0.6) is 0 Å². The summed E-state index contributed by atoms with van der Waals surface area (Å²) in [4.78, 5) is 0. The van der Waals surface area contributed by atoms with Gasteiger partial charge in [0.1, 0.15) is 5.82 Å². The van der Waals surface area contributed by atoms with Crippen molar-refractivity contribution in [1.29, 1.82) is 5.26 Å². The van der Waals surface area contributed by atoms with E-state index in [-0.39, 0.29) is 11.0 Å². The molecule has 3 nitrogen and oxygen atoms in total. The molecule has 2 N–H and O–H groups in total. The Hall–Kier alpha value is -1.25. The van der Waals surface area contributed by atoms with Crippen LogP contribution in [-0.4, -0.2) is 16.0 Å². The highest BCUT2D eigenvalue weighted by Crippen LogP contribution is 2.15. The van der Waals surface area contributed by atoms with Crippen LogP contribution in [0.15, 0.2) is 18.2 Å². The van der Waals surface area contributed by atoms with Gasteiger partial charge < -0.3 is 5.73 Å². The lowest BCUT2D eigenvalue weighted by molar-refractivity contribution is 0.626. The predicted molar refractivity (Wildman–Crippen MR) is 66.1 cm³/mol. The average Bonchev–Trinajstić information content (AvgIpc) is 2.29. The second-order valence-corrected chi connectivity index (χ2v) is 5.68. The first-order chi connectivity index (χ1) is 8.08. The van der Waals surface area contributed by atoms with Crippen LogP contribution in [0, 0.1) is 17.1 Å². The summed E-state index contributed by atoms with van der Waals surface area (Å²) in [6.45, 7) is 2.31. The lowest BCUT2D eigenvalue weighted by Gasteiger charge is -2.10. The zero-order valence-electron chi connectivity index (χ0n) is 9.65. The third-order valence-electron chi connectivity index (χ3n) is 2.51. The number of rotatable bonds is 5. The van der Waals surface area contributed by atoms with E-state index in [1.165, 1.54) is 18.2 Å². The van der Waals surface area contributed by atoms with Gasteiger partial charge in [0.25, 0.3) is 0 Å². The molecule has 0 bridgehead atoms. The highest BCUT2D eigenvalue weighted by atomic mass is 32.2. The van der Waals surface area contributed by atoms with Crippen molar-refractivity contribution in [2.75, 3.05) is 6.54 Å². The molecule has 0 aliphatic rings. The highest BCUT2D eigenvalue weighted by Gasteiger charge is 2.13. The van der Waals surface area contributed by atoms with E-state index < -0.39 is 16.6 Å². The molecule has 0 saturated carbocycles. The molecule has 1 aromatic rings. The topological polar surface area (TPSA) is 66.9 Å². The van der Waals surface area contributed by atoms with Gasteiger partial charge in [0.15, 0.2) is 0 Å². The lowest BCUT2D eigenvalue weighted by atomic mass is 10.1. The number of nitrogens with two attached hydrogens (primary N) is 1. The fourth-order valence-corrected chi connectivity index (χ4v) is 2.68. The molecule has 5 heteroatoms. The summed E-state index contributed by atoms with van der Waals surface area (Å²) in [6.07, 6.45) is 0.657. The maximum atomic E-state index is 13.1. The number of nitrogens with zero attached hydrogens (tertiary/aromatic N) is 1. The van der Waals surface area contributed by atoms with Crippen molar-refractivity contribution in [3.8, 4) is 6.07 Å². The normalized spacial score (nSPS) is 14.0. The van der Waals surface area contributed by atoms with Crippen LogP contribution in [0.3, 0.4) is 0 Å². The van der Waals surface area contributed by atoms with E-state index >= 15 is 0 Å². The summed E-state index contributed by atoms with van der Waals surface area (Å²) in [5.74, 6) is -0.218. The van der Waals surface area contributed by atoms with Crippen LogP contribution in [0.25, 0.3) is 0 Å². The molecular formula is C12H15FN2OS. The Balaban J connectivity index is 2.84. The van der Waals surface area contributed by atoms with Gasteiger partial charge in [-0.2, -0.15) is 5.26 Å². The second kappa shape index (κ2) is 6.48. The van der Waals surface area contributed by atoms with E-state index in [0.29, 0.717) is 24.1 Å². The van der Waals surface area contributed by atoms with Crippen LogP contribution in [-0.2, 0) is 16.6 Å². The minimum atomic E-state index is -1.13. The van der Waals surface area contributed by atoms with E-state index in [2.05, 4.69) is 0 Å². The second-order valence-electron chi connectivity index (χ2n) is 3.83. The summed E-state index contributed by atoms with van der Waals surface area (Å²) in [5, 5.41) is 8.83. The Labute approximate surface area is 103 Å². The predicted octanol–water partition coefficient (Wildman–Crippen LogP) is 1.68. The fourth-order valence-electron chi connectivity index (χ4n) is 1.45. The zero-order valence-corrected chi connectivity index (χ0v) is 10.5.